The number of hydrazine groups is 1. The third-order valence-electron chi connectivity index (χ3n) is 2.41. The molecule has 0 fully saturated rings. The second-order valence-corrected chi connectivity index (χ2v) is 3.37. The van der Waals surface area contributed by atoms with Crippen molar-refractivity contribution in [3.05, 3.63) is 29.3 Å². The molecule has 0 aliphatic carbocycles. The molecule has 1 aromatic carbocycles. The first-order chi connectivity index (χ1) is 7.09. The highest BCUT2D eigenvalue weighted by atomic mass is 16.4. The SMILES string of the molecule is CN1NCc2ccc(C(=O)C(=O)O)cc21. The van der Waals surface area contributed by atoms with Gasteiger partial charge in [0.2, 0.25) is 0 Å². The first-order valence-corrected chi connectivity index (χ1v) is 4.47. The Labute approximate surface area is 86.3 Å². The van der Waals surface area contributed by atoms with Gasteiger partial charge < -0.3 is 10.1 Å². The molecule has 1 heterocycles. The monoisotopic (exact) mass is 206 g/mol. The highest BCUT2D eigenvalue weighted by molar-refractivity contribution is 6.40. The molecule has 5 nitrogen and oxygen atoms in total. The van der Waals surface area contributed by atoms with Crippen LogP contribution >= 0.6 is 0 Å². The molecule has 1 aliphatic rings. The van der Waals surface area contributed by atoms with Gasteiger partial charge in [0, 0.05) is 19.2 Å². The molecule has 1 aliphatic heterocycles. The van der Waals surface area contributed by atoms with Crippen LogP contribution in [-0.2, 0) is 11.3 Å². The number of carbonyl (C=O) groups excluding carboxylic acids is 1. The molecule has 0 spiro atoms. The maximum atomic E-state index is 11.2. The van der Waals surface area contributed by atoms with Gasteiger partial charge in [-0.05, 0) is 11.6 Å². The predicted molar refractivity (Wildman–Crippen MR) is 53.7 cm³/mol. The number of fused-ring (bicyclic) bond motifs is 1. The van der Waals surface area contributed by atoms with Crippen molar-refractivity contribution in [2.45, 2.75) is 6.54 Å². The van der Waals surface area contributed by atoms with Gasteiger partial charge >= 0.3 is 5.97 Å². The van der Waals surface area contributed by atoms with Crippen LogP contribution in [0.5, 0.6) is 0 Å². The third kappa shape index (κ3) is 1.57. The summed E-state index contributed by atoms with van der Waals surface area (Å²) < 4.78 is 0. The van der Waals surface area contributed by atoms with Crippen molar-refractivity contribution < 1.29 is 14.7 Å². The quantitative estimate of drug-likeness (QED) is 0.541. The first-order valence-electron chi connectivity index (χ1n) is 4.47. The average Bonchev–Trinajstić information content (AvgIpc) is 2.59. The van der Waals surface area contributed by atoms with Gasteiger partial charge in [-0.25, -0.2) is 10.2 Å². The molecule has 5 heteroatoms. The van der Waals surface area contributed by atoms with E-state index in [1.165, 1.54) is 6.07 Å². The van der Waals surface area contributed by atoms with Crippen molar-refractivity contribution in [2.24, 2.45) is 0 Å². The van der Waals surface area contributed by atoms with Gasteiger partial charge in [-0.2, -0.15) is 0 Å². The van der Waals surface area contributed by atoms with Crippen LogP contribution in [0.1, 0.15) is 15.9 Å². The number of carboxylic acids is 1. The lowest BCUT2D eigenvalue weighted by Gasteiger charge is -2.11. The van der Waals surface area contributed by atoms with Crippen LogP contribution in [-0.4, -0.2) is 23.9 Å². The Morgan fingerprint density at radius 1 is 1.47 bits per heavy atom. The molecule has 0 atom stereocenters. The molecule has 2 N–H and O–H groups in total. The summed E-state index contributed by atoms with van der Waals surface area (Å²) >= 11 is 0. The minimum atomic E-state index is -1.43. The van der Waals surface area contributed by atoms with Gasteiger partial charge in [0.1, 0.15) is 0 Å². The van der Waals surface area contributed by atoms with Crippen molar-refractivity contribution in [1.29, 1.82) is 0 Å². The number of Topliss-reactive ketones (excluding diaryl/α,β-unsaturated/α-hetero) is 1. The van der Waals surface area contributed by atoms with Gasteiger partial charge in [0.15, 0.2) is 0 Å². The maximum Gasteiger partial charge on any atom is 0.377 e. The van der Waals surface area contributed by atoms with Crippen LogP contribution in [0.2, 0.25) is 0 Å². The number of carbonyl (C=O) groups is 2. The number of hydrogen-bond donors (Lipinski definition) is 2. The zero-order valence-electron chi connectivity index (χ0n) is 8.15. The molecule has 0 unspecified atom stereocenters. The average molecular weight is 206 g/mol. The van der Waals surface area contributed by atoms with E-state index in [2.05, 4.69) is 5.43 Å². The Kier molecular flexibility index (Phi) is 2.17. The van der Waals surface area contributed by atoms with Crippen molar-refractivity contribution in [2.75, 3.05) is 12.1 Å². The molecule has 0 bridgehead atoms. The van der Waals surface area contributed by atoms with Gasteiger partial charge in [-0.15, -0.1) is 0 Å². The molecule has 0 saturated carbocycles. The second kappa shape index (κ2) is 3.36. The zero-order chi connectivity index (χ0) is 11.0. The van der Waals surface area contributed by atoms with E-state index >= 15 is 0 Å². The van der Waals surface area contributed by atoms with E-state index in [0.717, 1.165) is 11.3 Å². The van der Waals surface area contributed by atoms with E-state index in [1.807, 2.05) is 7.05 Å². The molecule has 0 aromatic heterocycles. The van der Waals surface area contributed by atoms with Crippen LogP contribution < -0.4 is 10.4 Å². The van der Waals surface area contributed by atoms with E-state index in [-0.39, 0.29) is 5.56 Å². The van der Waals surface area contributed by atoms with Crippen LogP contribution in [0.3, 0.4) is 0 Å². The predicted octanol–water partition coefficient (Wildman–Crippen LogP) is 0.408. The van der Waals surface area contributed by atoms with E-state index in [0.29, 0.717) is 6.54 Å². The normalized spacial score (nSPS) is 13.8. The smallest absolute Gasteiger partial charge is 0.377 e. The molecule has 15 heavy (non-hydrogen) atoms. The second-order valence-electron chi connectivity index (χ2n) is 3.37. The lowest BCUT2D eigenvalue weighted by atomic mass is 10.1. The molecule has 0 radical (unpaired) electrons. The topological polar surface area (TPSA) is 69.6 Å². The molecule has 1 aromatic rings. The molecule has 2 rings (SSSR count). The van der Waals surface area contributed by atoms with Crippen molar-refractivity contribution >= 4 is 17.4 Å². The Morgan fingerprint density at radius 2 is 2.20 bits per heavy atom. The number of hydrogen-bond acceptors (Lipinski definition) is 4. The summed E-state index contributed by atoms with van der Waals surface area (Å²) in [6, 6.07) is 4.89. The Bertz CT molecular complexity index is 442. The zero-order valence-corrected chi connectivity index (χ0v) is 8.15. The summed E-state index contributed by atoms with van der Waals surface area (Å²) in [6.07, 6.45) is 0. The van der Waals surface area contributed by atoms with Crippen LogP contribution in [0.25, 0.3) is 0 Å². The van der Waals surface area contributed by atoms with E-state index in [1.54, 1.807) is 17.1 Å². The number of aliphatic carboxylic acids is 1. The number of ketones is 1. The lowest BCUT2D eigenvalue weighted by Crippen LogP contribution is -2.26. The number of rotatable bonds is 2. The van der Waals surface area contributed by atoms with Gasteiger partial charge in [0.25, 0.3) is 5.78 Å². The number of nitrogens with zero attached hydrogens (tertiary/aromatic N) is 1. The minimum absolute atomic E-state index is 0.205. The van der Waals surface area contributed by atoms with Crippen LogP contribution in [0.15, 0.2) is 18.2 Å². The summed E-state index contributed by atoms with van der Waals surface area (Å²) in [5.41, 5.74) is 5.16. The highest BCUT2D eigenvalue weighted by Crippen LogP contribution is 2.25. The summed E-state index contributed by atoms with van der Waals surface area (Å²) in [5.74, 6) is -2.30. The minimum Gasteiger partial charge on any atom is -0.475 e. The van der Waals surface area contributed by atoms with Crippen molar-refractivity contribution in [3.63, 3.8) is 0 Å². The van der Waals surface area contributed by atoms with Crippen molar-refractivity contribution in [3.8, 4) is 0 Å². The molecule has 0 saturated heterocycles. The van der Waals surface area contributed by atoms with Gasteiger partial charge in [-0.1, -0.05) is 12.1 Å². The summed E-state index contributed by atoms with van der Waals surface area (Å²) in [4.78, 5) is 21.7. The summed E-state index contributed by atoms with van der Waals surface area (Å²) in [5, 5.41) is 10.3. The molecule has 0 amide bonds. The Morgan fingerprint density at radius 3 is 2.87 bits per heavy atom. The fourth-order valence-electron chi connectivity index (χ4n) is 1.58. The highest BCUT2D eigenvalue weighted by Gasteiger charge is 2.20. The van der Waals surface area contributed by atoms with Crippen LogP contribution in [0, 0.1) is 0 Å². The fraction of sp³-hybridized carbons (Fsp3) is 0.200. The third-order valence-corrected chi connectivity index (χ3v) is 2.41. The fourth-order valence-corrected chi connectivity index (χ4v) is 1.58. The van der Waals surface area contributed by atoms with Gasteiger partial charge in [0.05, 0.1) is 5.69 Å². The molecule has 78 valence electrons. The Balaban J connectivity index is 2.41. The number of anilines is 1. The summed E-state index contributed by atoms with van der Waals surface area (Å²) in [7, 11) is 1.82. The van der Waals surface area contributed by atoms with E-state index in [4.69, 9.17) is 5.11 Å². The van der Waals surface area contributed by atoms with Crippen molar-refractivity contribution in [1.82, 2.24) is 5.43 Å². The van der Waals surface area contributed by atoms with Crippen LogP contribution in [0.4, 0.5) is 5.69 Å². The molecular weight excluding hydrogens is 196 g/mol. The molecular formula is C10H10N2O3. The first kappa shape index (κ1) is 9.67. The largest absolute Gasteiger partial charge is 0.475 e. The number of nitrogens with one attached hydrogen (secondary N) is 1. The van der Waals surface area contributed by atoms with E-state index < -0.39 is 11.8 Å². The standard InChI is InChI=1S/C10H10N2O3/c1-12-8-4-6(9(13)10(14)15)2-3-7(8)5-11-12/h2-4,11H,5H2,1H3,(H,14,15). The van der Waals surface area contributed by atoms with Gasteiger partial charge in [-0.3, -0.25) is 4.79 Å². The lowest BCUT2D eigenvalue weighted by molar-refractivity contribution is -0.131. The maximum absolute atomic E-state index is 11.2. The van der Waals surface area contributed by atoms with E-state index in [9.17, 15) is 9.59 Å². The Hall–Kier alpha value is -1.88. The summed E-state index contributed by atoms with van der Waals surface area (Å²) in [6.45, 7) is 0.702. The number of benzene rings is 1. The number of carboxylic acid groups (broad SMARTS) is 1.